The Morgan fingerprint density at radius 1 is 0.722 bits per heavy atom. The summed E-state index contributed by atoms with van der Waals surface area (Å²) in [5, 5.41) is 0. The molecule has 18 heavy (non-hydrogen) atoms. The van der Waals surface area contributed by atoms with E-state index in [-0.39, 0.29) is 0 Å². The molecular formula is C17H30O. The summed E-state index contributed by atoms with van der Waals surface area (Å²) in [5.41, 5.74) is 0. The van der Waals surface area contributed by atoms with Gasteiger partial charge >= 0.3 is 0 Å². The largest absolute Gasteiger partial charge is 0.303 e. The van der Waals surface area contributed by atoms with Crippen LogP contribution in [0, 0.1) is 11.8 Å². The van der Waals surface area contributed by atoms with Crippen LogP contribution in [-0.2, 0) is 4.79 Å². The minimum absolute atomic E-state index is 0.694. The van der Waals surface area contributed by atoms with E-state index < -0.39 is 0 Å². The molecule has 0 aromatic carbocycles. The lowest BCUT2D eigenvalue weighted by molar-refractivity contribution is -0.107. The van der Waals surface area contributed by atoms with Crippen molar-refractivity contribution < 1.29 is 4.79 Å². The Kier molecular flexibility index (Phi) is 15.5. The van der Waals surface area contributed by atoms with Gasteiger partial charge in [-0.25, -0.2) is 0 Å². The van der Waals surface area contributed by atoms with E-state index in [1.165, 1.54) is 51.4 Å². The summed E-state index contributed by atoms with van der Waals surface area (Å²) in [6.45, 7) is 2.26. The van der Waals surface area contributed by atoms with E-state index in [9.17, 15) is 4.79 Å². The van der Waals surface area contributed by atoms with E-state index in [4.69, 9.17) is 0 Å². The Morgan fingerprint density at radius 2 is 1.22 bits per heavy atom. The van der Waals surface area contributed by atoms with Crippen molar-refractivity contribution in [2.24, 2.45) is 0 Å². The van der Waals surface area contributed by atoms with Gasteiger partial charge in [0.2, 0.25) is 0 Å². The maximum absolute atomic E-state index is 10.1. The molecule has 0 amide bonds. The van der Waals surface area contributed by atoms with E-state index in [0.29, 0.717) is 6.42 Å². The molecule has 0 radical (unpaired) electrons. The second kappa shape index (κ2) is 16.2. The smallest absolute Gasteiger partial charge is 0.119 e. The number of aldehydes is 1. The summed E-state index contributed by atoms with van der Waals surface area (Å²) in [6.07, 6.45) is 16.7. The number of carbonyl (C=O) groups is 1. The van der Waals surface area contributed by atoms with Crippen molar-refractivity contribution in [3.05, 3.63) is 0 Å². The molecule has 0 rings (SSSR count). The summed E-state index contributed by atoms with van der Waals surface area (Å²) < 4.78 is 0. The molecule has 0 spiro atoms. The Labute approximate surface area is 114 Å². The molecule has 0 N–H and O–H groups in total. The first-order valence-corrected chi connectivity index (χ1v) is 7.81. The van der Waals surface area contributed by atoms with Gasteiger partial charge in [0.05, 0.1) is 0 Å². The third kappa shape index (κ3) is 15.2. The maximum Gasteiger partial charge on any atom is 0.119 e. The first-order chi connectivity index (χ1) is 8.91. The molecule has 0 aliphatic carbocycles. The first-order valence-electron chi connectivity index (χ1n) is 7.81. The summed E-state index contributed by atoms with van der Waals surface area (Å²) >= 11 is 0. The minimum atomic E-state index is 0.694. The van der Waals surface area contributed by atoms with Crippen LogP contribution in [0.15, 0.2) is 0 Å². The van der Waals surface area contributed by atoms with Gasteiger partial charge in [0.25, 0.3) is 0 Å². The minimum Gasteiger partial charge on any atom is -0.303 e. The zero-order valence-corrected chi connectivity index (χ0v) is 12.2. The molecule has 0 atom stereocenters. The van der Waals surface area contributed by atoms with Crippen molar-refractivity contribution in [1.29, 1.82) is 0 Å². The molecule has 0 aromatic heterocycles. The normalized spacial score (nSPS) is 9.83. The molecular weight excluding hydrogens is 220 g/mol. The lowest BCUT2D eigenvalue weighted by Crippen LogP contribution is -1.80. The highest BCUT2D eigenvalue weighted by Gasteiger charge is 1.90. The maximum atomic E-state index is 10.1. The molecule has 0 aromatic rings. The van der Waals surface area contributed by atoms with Gasteiger partial charge in [-0.15, -0.1) is 11.8 Å². The fourth-order valence-corrected chi connectivity index (χ4v) is 1.97. The predicted molar refractivity (Wildman–Crippen MR) is 79.5 cm³/mol. The third-order valence-electron chi connectivity index (χ3n) is 3.15. The second-order valence-corrected chi connectivity index (χ2v) is 4.99. The molecule has 1 nitrogen and oxygen atoms in total. The average Bonchev–Trinajstić information content (AvgIpc) is 2.39. The molecule has 104 valence electrons. The highest BCUT2D eigenvalue weighted by Crippen LogP contribution is 2.09. The lowest BCUT2D eigenvalue weighted by Gasteiger charge is -1.99. The Balaban J connectivity index is 3.06. The summed E-state index contributed by atoms with van der Waals surface area (Å²) in [7, 11) is 0. The number of unbranched alkanes of at least 4 members (excludes halogenated alkanes) is 11. The Hall–Kier alpha value is -0.770. The molecule has 0 aliphatic rings. The highest BCUT2D eigenvalue weighted by atomic mass is 16.1. The van der Waals surface area contributed by atoms with Crippen LogP contribution < -0.4 is 0 Å². The SMILES string of the molecule is CCCCCCCCCCC#CCCCCC=O. The van der Waals surface area contributed by atoms with Gasteiger partial charge in [0.15, 0.2) is 0 Å². The second-order valence-electron chi connectivity index (χ2n) is 4.99. The summed E-state index contributed by atoms with van der Waals surface area (Å²) in [6, 6.07) is 0. The van der Waals surface area contributed by atoms with Crippen LogP contribution >= 0.6 is 0 Å². The van der Waals surface area contributed by atoms with Gasteiger partial charge in [-0.05, 0) is 19.3 Å². The third-order valence-corrected chi connectivity index (χ3v) is 3.15. The van der Waals surface area contributed by atoms with Crippen LogP contribution in [0.3, 0.4) is 0 Å². The topological polar surface area (TPSA) is 17.1 Å². The quantitative estimate of drug-likeness (QED) is 0.262. The van der Waals surface area contributed by atoms with E-state index in [1.54, 1.807) is 0 Å². The lowest BCUT2D eigenvalue weighted by atomic mass is 10.1. The molecule has 1 heteroatoms. The van der Waals surface area contributed by atoms with Gasteiger partial charge in [0, 0.05) is 19.3 Å². The van der Waals surface area contributed by atoms with Crippen LogP contribution in [0.5, 0.6) is 0 Å². The average molecular weight is 250 g/mol. The van der Waals surface area contributed by atoms with Crippen molar-refractivity contribution in [3.8, 4) is 11.8 Å². The van der Waals surface area contributed by atoms with Crippen LogP contribution in [-0.4, -0.2) is 6.29 Å². The Bertz CT molecular complexity index is 221. The zero-order valence-electron chi connectivity index (χ0n) is 12.2. The molecule has 0 saturated carbocycles. The number of carbonyl (C=O) groups excluding carboxylic acids is 1. The van der Waals surface area contributed by atoms with Crippen molar-refractivity contribution in [2.75, 3.05) is 0 Å². The fourth-order valence-electron chi connectivity index (χ4n) is 1.97. The molecule has 0 fully saturated rings. The number of rotatable bonds is 12. The van der Waals surface area contributed by atoms with Gasteiger partial charge in [-0.1, -0.05) is 51.9 Å². The fraction of sp³-hybridized carbons (Fsp3) is 0.824. The van der Waals surface area contributed by atoms with Crippen molar-refractivity contribution in [2.45, 2.75) is 90.4 Å². The Morgan fingerprint density at radius 3 is 1.78 bits per heavy atom. The molecule has 0 heterocycles. The van der Waals surface area contributed by atoms with Crippen LogP contribution in [0.2, 0.25) is 0 Å². The van der Waals surface area contributed by atoms with E-state index in [1.807, 2.05) is 0 Å². The van der Waals surface area contributed by atoms with Crippen LogP contribution in [0.25, 0.3) is 0 Å². The molecule has 0 saturated heterocycles. The monoisotopic (exact) mass is 250 g/mol. The van der Waals surface area contributed by atoms with E-state index >= 15 is 0 Å². The first kappa shape index (κ1) is 17.2. The standard InChI is InChI=1S/C17H30O/c1-2-3-4-5-6-7-8-9-10-11-12-13-14-15-16-17-18/h17H,2-10,13-16H2,1H3. The number of hydrogen-bond donors (Lipinski definition) is 0. The predicted octanol–water partition coefficient (Wildman–Crippen LogP) is 5.28. The van der Waals surface area contributed by atoms with Gasteiger partial charge in [-0.3, -0.25) is 0 Å². The van der Waals surface area contributed by atoms with Gasteiger partial charge < -0.3 is 4.79 Å². The van der Waals surface area contributed by atoms with Crippen LogP contribution in [0.1, 0.15) is 90.4 Å². The zero-order chi connectivity index (χ0) is 13.3. The number of hydrogen-bond acceptors (Lipinski definition) is 1. The molecule has 0 bridgehead atoms. The van der Waals surface area contributed by atoms with E-state index in [2.05, 4.69) is 18.8 Å². The van der Waals surface area contributed by atoms with Crippen molar-refractivity contribution in [1.82, 2.24) is 0 Å². The highest BCUT2D eigenvalue weighted by molar-refractivity contribution is 5.48. The summed E-state index contributed by atoms with van der Waals surface area (Å²) in [4.78, 5) is 10.1. The molecule has 0 aliphatic heterocycles. The van der Waals surface area contributed by atoms with Gasteiger partial charge in [-0.2, -0.15) is 0 Å². The van der Waals surface area contributed by atoms with E-state index in [0.717, 1.165) is 32.0 Å². The van der Waals surface area contributed by atoms with Gasteiger partial charge in [0.1, 0.15) is 6.29 Å². The van der Waals surface area contributed by atoms with Crippen molar-refractivity contribution in [3.63, 3.8) is 0 Å². The van der Waals surface area contributed by atoms with Crippen LogP contribution in [0.4, 0.5) is 0 Å². The summed E-state index contributed by atoms with van der Waals surface area (Å²) in [5.74, 6) is 6.43. The molecule has 0 unspecified atom stereocenters. The van der Waals surface area contributed by atoms with Crippen molar-refractivity contribution >= 4 is 6.29 Å².